The Morgan fingerprint density at radius 2 is 2.40 bits per heavy atom. The summed E-state index contributed by atoms with van der Waals surface area (Å²) in [6, 6.07) is 0. The zero-order valence-electron chi connectivity index (χ0n) is 6.49. The van der Waals surface area contributed by atoms with Crippen molar-refractivity contribution in [3.63, 3.8) is 0 Å². The highest BCUT2D eigenvalue weighted by Crippen LogP contribution is 2.07. The van der Waals surface area contributed by atoms with E-state index in [0.717, 1.165) is 6.42 Å². The number of allylic oxidation sites excluding steroid dienone is 1. The Hall–Kier alpha value is -0.890. The summed E-state index contributed by atoms with van der Waals surface area (Å²) in [5.74, 6) is 0. The molecular weight excluding hydrogens is 124 g/mol. The maximum Gasteiger partial charge on any atom is 0.199 e. The minimum atomic E-state index is 0.702. The van der Waals surface area contributed by atoms with Crippen LogP contribution in [-0.4, -0.2) is 17.9 Å². The van der Waals surface area contributed by atoms with Gasteiger partial charge in [-0.1, -0.05) is 6.92 Å². The topological polar surface area (TPSA) is 12.4 Å². The van der Waals surface area contributed by atoms with E-state index in [0.29, 0.717) is 4.48 Å². The molecule has 2 nitrogen and oxygen atoms in total. The predicted molar refractivity (Wildman–Crippen MR) is 43.2 cm³/mol. The molecule has 1 aliphatic rings. The van der Waals surface area contributed by atoms with Gasteiger partial charge in [0.15, 0.2) is 6.34 Å². The summed E-state index contributed by atoms with van der Waals surface area (Å²) in [6.07, 6.45) is 11.1. The number of hydrogen-bond donors (Lipinski definition) is 0. The van der Waals surface area contributed by atoms with Crippen LogP contribution in [0.1, 0.15) is 13.3 Å². The zero-order chi connectivity index (χ0) is 7.45. The van der Waals surface area contributed by atoms with Gasteiger partial charge in [-0.05, 0) is 12.5 Å². The first-order chi connectivity index (χ1) is 4.77. The van der Waals surface area contributed by atoms with Gasteiger partial charge in [0.05, 0.1) is 13.2 Å². The van der Waals surface area contributed by atoms with E-state index in [1.54, 1.807) is 0 Å². The summed E-state index contributed by atoms with van der Waals surface area (Å²) in [5.41, 5.74) is 0. The van der Waals surface area contributed by atoms with Crippen molar-refractivity contribution in [3.05, 3.63) is 24.7 Å². The predicted octanol–water partition coefficient (Wildman–Crippen LogP) is 1.87. The van der Waals surface area contributed by atoms with Crippen LogP contribution in [0, 0.1) is 0 Å². The van der Waals surface area contributed by atoms with Gasteiger partial charge in [-0.15, -0.1) is 0 Å². The molecule has 0 fully saturated rings. The molecule has 1 atom stereocenters. The third-order valence-corrected chi connectivity index (χ3v) is 1.45. The molecule has 0 aromatic heterocycles. The smallest absolute Gasteiger partial charge is 0.199 e. The Balaban J connectivity index is 2.61. The maximum atomic E-state index is 4.00. The lowest BCUT2D eigenvalue weighted by atomic mass is 10.4. The first-order valence-corrected chi connectivity index (χ1v) is 3.52. The fourth-order valence-electron chi connectivity index (χ4n) is 0.823. The highest BCUT2D eigenvalue weighted by Gasteiger charge is 2.14. The maximum absolute atomic E-state index is 4.00. The molecule has 0 saturated carbocycles. The van der Waals surface area contributed by atoms with Gasteiger partial charge in [0.2, 0.25) is 0 Å². The molecule has 2 heteroatoms. The molecule has 0 aliphatic carbocycles. The molecule has 0 aromatic rings. The molecule has 0 aromatic carbocycles. The highest BCUT2D eigenvalue weighted by atomic mass is 15.3. The van der Waals surface area contributed by atoms with Crippen molar-refractivity contribution in [1.29, 1.82) is 0 Å². The van der Waals surface area contributed by atoms with Gasteiger partial charge < -0.3 is 0 Å². The first kappa shape index (κ1) is 7.22. The van der Waals surface area contributed by atoms with Crippen LogP contribution in [0.4, 0.5) is 0 Å². The number of rotatable bonds is 2. The van der Waals surface area contributed by atoms with E-state index in [2.05, 4.69) is 31.2 Å². The summed E-state index contributed by atoms with van der Waals surface area (Å²) in [6.45, 7) is 2.12. The molecule has 0 bridgehead atoms. The van der Waals surface area contributed by atoms with Crippen molar-refractivity contribution in [3.8, 4) is 0 Å². The Kier molecular flexibility index (Phi) is 2.02. The number of hydrogen-bond acceptors (Lipinski definition) is 1. The van der Waals surface area contributed by atoms with Crippen LogP contribution in [-0.2, 0) is 0 Å². The average Bonchev–Trinajstić information content (AvgIpc) is 2.33. The van der Waals surface area contributed by atoms with Gasteiger partial charge in [-0.2, -0.15) is 0 Å². The molecule has 0 radical (unpaired) electrons. The molecule has 54 valence electrons. The lowest BCUT2D eigenvalue weighted by Gasteiger charge is -2.14. The number of quaternary nitrogens is 1. The summed E-state index contributed by atoms with van der Waals surface area (Å²) in [5, 5.41) is 0. The van der Waals surface area contributed by atoms with Crippen molar-refractivity contribution >= 4 is 6.34 Å². The molecule has 1 unspecified atom stereocenters. The van der Waals surface area contributed by atoms with Crippen molar-refractivity contribution in [2.24, 2.45) is 4.99 Å². The van der Waals surface area contributed by atoms with E-state index in [-0.39, 0.29) is 0 Å². The van der Waals surface area contributed by atoms with Crippen LogP contribution >= 0.6 is 0 Å². The summed E-state index contributed by atoms with van der Waals surface area (Å²) in [7, 11) is 2.08. The second-order valence-electron chi connectivity index (χ2n) is 2.58. The first-order valence-electron chi connectivity index (χ1n) is 3.52. The second kappa shape index (κ2) is 2.80. The van der Waals surface area contributed by atoms with Gasteiger partial charge in [0.25, 0.3) is 0 Å². The molecule has 10 heavy (non-hydrogen) atoms. The van der Waals surface area contributed by atoms with Crippen molar-refractivity contribution in [2.45, 2.75) is 13.3 Å². The molecular formula is C8H13N2+. The number of nitrogens with zero attached hydrogens (tertiary/aromatic N) is 2. The summed E-state index contributed by atoms with van der Waals surface area (Å²) in [4.78, 5) is 4.00. The molecule has 1 heterocycles. The van der Waals surface area contributed by atoms with E-state index in [1.165, 1.54) is 0 Å². The third kappa shape index (κ3) is 1.54. The lowest BCUT2D eigenvalue weighted by Crippen LogP contribution is -2.27. The van der Waals surface area contributed by atoms with Crippen LogP contribution in [0.15, 0.2) is 29.7 Å². The van der Waals surface area contributed by atoms with Gasteiger partial charge in [0.1, 0.15) is 12.4 Å². The fraction of sp³-hybridized carbons (Fsp3) is 0.375. The minimum Gasteiger partial charge on any atom is -0.230 e. The van der Waals surface area contributed by atoms with Gasteiger partial charge in [-0.25, -0.2) is 9.48 Å². The van der Waals surface area contributed by atoms with E-state index < -0.39 is 0 Å². The molecule has 1 rings (SSSR count). The fourth-order valence-corrected chi connectivity index (χ4v) is 0.823. The molecule has 0 amide bonds. The van der Waals surface area contributed by atoms with Crippen LogP contribution in [0.3, 0.4) is 0 Å². The lowest BCUT2D eigenvalue weighted by molar-refractivity contribution is -0.696. The molecule has 0 saturated heterocycles. The Morgan fingerprint density at radius 3 is 2.90 bits per heavy atom. The van der Waals surface area contributed by atoms with Crippen molar-refractivity contribution in [2.75, 3.05) is 7.05 Å². The Bertz CT molecular complexity index is 177. The van der Waals surface area contributed by atoms with Gasteiger partial charge in [-0.3, -0.25) is 0 Å². The van der Waals surface area contributed by atoms with Crippen molar-refractivity contribution in [1.82, 2.24) is 0 Å². The highest BCUT2D eigenvalue weighted by molar-refractivity contribution is 5.51. The minimum absolute atomic E-state index is 0.702. The SMILES string of the molecule is CCC=C[N+]1(C)C=CN=C1. The van der Waals surface area contributed by atoms with Gasteiger partial charge >= 0.3 is 0 Å². The molecule has 0 spiro atoms. The normalized spacial score (nSPS) is 30.6. The van der Waals surface area contributed by atoms with Crippen molar-refractivity contribution < 1.29 is 4.48 Å². The summed E-state index contributed by atoms with van der Waals surface area (Å²) >= 11 is 0. The van der Waals surface area contributed by atoms with Crippen LogP contribution in [0.25, 0.3) is 0 Å². The zero-order valence-corrected chi connectivity index (χ0v) is 6.49. The van der Waals surface area contributed by atoms with E-state index in [1.807, 2.05) is 18.7 Å². The monoisotopic (exact) mass is 137 g/mol. The quantitative estimate of drug-likeness (QED) is 0.515. The summed E-state index contributed by atoms with van der Waals surface area (Å²) < 4.78 is 0.702. The van der Waals surface area contributed by atoms with Crippen LogP contribution in [0.2, 0.25) is 0 Å². The second-order valence-corrected chi connectivity index (χ2v) is 2.58. The molecule has 1 aliphatic heterocycles. The van der Waals surface area contributed by atoms with E-state index in [9.17, 15) is 0 Å². The standard InChI is InChI=1S/C8H13N2/c1-3-4-6-10(2)7-5-9-8-10/h4-8H,3H2,1-2H3/q+1. The van der Waals surface area contributed by atoms with Gasteiger partial charge in [0, 0.05) is 0 Å². The van der Waals surface area contributed by atoms with E-state index >= 15 is 0 Å². The molecule has 0 N–H and O–H groups in total. The van der Waals surface area contributed by atoms with Crippen LogP contribution in [0.5, 0.6) is 0 Å². The van der Waals surface area contributed by atoms with E-state index in [4.69, 9.17) is 0 Å². The Morgan fingerprint density at radius 1 is 1.60 bits per heavy atom. The third-order valence-electron chi connectivity index (χ3n) is 1.45. The number of aliphatic imine (C=N–C) groups is 1. The average molecular weight is 137 g/mol. The largest absolute Gasteiger partial charge is 0.230 e. The Labute approximate surface area is 61.8 Å². The van der Waals surface area contributed by atoms with Crippen LogP contribution < -0.4 is 0 Å².